The molecule has 3 N–H and O–H groups in total. The van der Waals surface area contributed by atoms with E-state index in [2.05, 4.69) is 84.9 Å². The minimum Gasteiger partial charge on any atom is -0.507 e. The number of aromatic hydroxyl groups is 1. The van der Waals surface area contributed by atoms with Crippen molar-refractivity contribution in [1.82, 2.24) is 0 Å². The predicted molar refractivity (Wildman–Crippen MR) is 210 cm³/mol. The van der Waals surface area contributed by atoms with Crippen LogP contribution in [-0.2, 0) is 5.41 Å². The first-order chi connectivity index (χ1) is 25.6. The number of ether oxygens (including phenoxy) is 3. The average molecular weight is 707 g/mol. The maximum absolute atomic E-state index is 10.9. The standard InChI is InChI=1S/C47H46O6/c1-29-22-34(23-30(2)45(29)50)35-24-31(3)46(32(4)25-35)53-28-38(49)27-52-40-20-16-37(17-21-40)47(36-14-18-39(19-15-36)51-26-33(5)48)43-12-8-6-10-41(43)42-11-7-9-13-44(42)47/h6-25,33,38,48-50H,26-28H2,1-5H3. The summed E-state index contributed by atoms with van der Waals surface area (Å²) in [7, 11) is 0. The van der Waals surface area contributed by atoms with Crippen LogP contribution in [0.5, 0.6) is 23.0 Å². The number of phenolic OH excluding ortho intramolecular Hbond substituents is 1. The SMILES string of the molecule is Cc1cc(-c2cc(C)c(OCC(O)COc3ccc(C4(c5ccc(OCC(C)O)cc5)c5ccccc5-c5ccccc54)cc3)c(C)c2)cc(C)c1O. The van der Waals surface area contributed by atoms with Crippen molar-refractivity contribution in [3.8, 4) is 45.3 Å². The molecule has 0 heterocycles. The summed E-state index contributed by atoms with van der Waals surface area (Å²) in [5.74, 6) is 2.43. The second kappa shape index (κ2) is 14.8. The fourth-order valence-corrected chi connectivity index (χ4v) is 7.73. The van der Waals surface area contributed by atoms with Gasteiger partial charge in [-0.2, -0.15) is 0 Å². The Bertz CT molecular complexity index is 2140. The minimum absolute atomic E-state index is 0.0757. The van der Waals surface area contributed by atoms with Gasteiger partial charge in [-0.05, 0) is 150 Å². The zero-order valence-electron chi connectivity index (χ0n) is 30.9. The van der Waals surface area contributed by atoms with Crippen LogP contribution in [-0.4, -0.2) is 47.3 Å². The number of rotatable bonds is 12. The van der Waals surface area contributed by atoms with Crippen LogP contribution in [0.1, 0.15) is 51.4 Å². The van der Waals surface area contributed by atoms with Crippen molar-refractivity contribution in [3.63, 3.8) is 0 Å². The number of benzene rings is 6. The van der Waals surface area contributed by atoms with E-state index in [0.717, 1.165) is 50.3 Å². The van der Waals surface area contributed by atoms with E-state index in [4.69, 9.17) is 14.2 Å². The summed E-state index contributed by atoms with van der Waals surface area (Å²) in [5, 5.41) is 30.9. The number of aryl methyl sites for hydroxylation is 4. The van der Waals surface area contributed by atoms with Crippen molar-refractivity contribution in [3.05, 3.63) is 166 Å². The highest BCUT2D eigenvalue weighted by Crippen LogP contribution is 2.56. The largest absolute Gasteiger partial charge is 0.507 e. The van der Waals surface area contributed by atoms with Crippen molar-refractivity contribution in [2.24, 2.45) is 0 Å². The number of fused-ring (bicyclic) bond motifs is 3. The van der Waals surface area contributed by atoms with Gasteiger partial charge in [0.25, 0.3) is 0 Å². The summed E-state index contributed by atoms with van der Waals surface area (Å²) >= 11 is 0. The molecule has 0 amide bonds. The Hall–Kier alpha value is -5.56. The lowest BCUT2D eigenvalue weighted by Gasteiger charge is -2.34. The van der Waals surface area contributed by atoms with Gasteiger partial charge >= 0.3 is 0 Å². The van der Waals surface area contributed by atoms with E-state index in [1.807, 2.05) is 64.1 Å². The fraction of sp³-hybridized carbons (Fsp3) is 0.234. The quantitative estimate of drug-likeness (QED) is 0.117. The van der Waals surface area contributed by atoms with Crippen LogP contribution in [0.2, 0.25) is 0 Å². The number of phenols is 1. The van der Waals surface area contributed by atoms with E-state index in [-0.39, 0.29) is 19.8 Å². The van der Waals surface area contributed by atoms with E-state index in [1.54, 1.807) is 6.92 Å². The van der Waals surface area contributed by atoms with Gasteiger partial charge in [0.05, 0.1) is 11.5 Å². The Kier molecular flexibility index (Phi) is 10.0. The summed E-state index contributed by atoms with van der Waals surface area (Å²) < 4.78 is 18.0. The van der Waals surface area contributed by atoms with E-state index in [9.17, 15) is 15.3 Å². The monoisotopic (exact) mass is 706 g/mol. The Morgan fingerprint density at radius 2 is 0.943 bits per heavy atom. The molecule has 7 rings (SSSR count). The second-order valence-corrected chi connectivity index (χ2v) is 14.2. The first kappa shape index (κ1) is 35.8. The average Bonchev–Trinajstić information content (AvgIpc) is 3.46. The second-order valence-electron chi connectivity index (χ2n) is 14.2. The highest BCUT2D eigenvalue weighted by Gasteiger charge is 2.45. The molecular weight excluding hydrogens is 661 g/mol. The third kappa shape index (κ3) is 6.88. The Morgan fingerprint density at radius 1 is 0.528 bits per heavy atom. The van der Waals surface area contributed by atoms with Crippen LogP contribution in [0.15, 0.2) is 121 Å². The molecule has 0 radical (unpaired) electrons. The van der Waals surface area contributed by atoms with Gasteiger partial charge in [0.15, 0.2) is 0 Å². The Balaban J connectivity index is 1.09. The highest BCUT2D eigenvalue weighted by atomic mass is 16.5. The third-order valence-corrected chi connectivity index (χ3v) is 10.2. The molecule has 53 heavy (non-hydrogen) atoms. The van der Waals surface area contributed by atoms with E-state index >= 15 is 0 Å². The maximum atomic E-state index is 10.9. The maximum Gasteiger partial charge on any atom is 0.125 e. The number of hydrogen-bond acceptors (Lipinski definition) is 6. The molecule has 0 fully saturated rings. The molecule has 0 aliphatic heterocycles. The lowest BCUT2D eigenvalue weighted by Crippen LogP contribution is -2.28. The molecular formula is C47H46O6. The van der Waals surface area contributed by atoms with Crippen LogP contribution in [0.25, 0.3) is 22.3 Å². The Morgan fingerprint density at radius 3 is 1.42 bits per heavy atom. The molecule has 1 aliphatic carbocycles. The van der Waals surface area contributed by atoms with Crippen molar-refractivity contribution in [1.29, 1.82) is 0 Å². The van der Waals surface area contributed by atoms with Crippen LogP contribution in [0.4, 0.5) is 0 Å². The van der Waals surface area contributed by atoms with Gasteiger partial charge in [-0.25, -0.2) is 0 Å². The molecule has 2 atom stereocenters. The van der Waals surface area contributed by atoms with Gasteiger partial charge in [-0.15, -0.1) is 0 Å². The van der Waals surface area contributed by atoms with E-state index < -0.39 is 17.6 Å². The predicted octanol–water partition coefficient (Wildman–Crippen LogP) is 9.23. The molecule has 0 saturated heterocycles. The van der Waals surface area contributed by atoms with Crippen molar-refractivity contribution < 1.29 is 29.5 Å². The first-order valence-corrected chi connectivity index (χ1v) is 18.1. The van der Waals surface area contributed by atoms with Gasteiger partial charge < -0.3 is 29.5 Å². The summed E-state index contributed by atoms with van der Waals surface area (Å²) in [6.07, 6.45) is -1.40. The lowest BCUT2D eigenvalue weighted by atomic mass is 9.68. The molecule has 0 spiro atoms. The molecule has 1 aliphatic rings. The minimum atomic E-state index is -0.843. The molecule has 6 aromatic carbocycles. The normalized spacial score (nSPS) is 13.9. The number of hydrogen-bond donors (Lipinski definition) is 3. The molecule has 0 bridgehead atoms. The molecule has 6 heteroatoms. The van der Waals surface area contributed by atoms with E-state index in [1.165, 1.54) is 22.3 Å². The summed E-state index contributed by atoms with van der Waals surface area (Å²) in [4.78, 5) is 0. The molecule has 6 aromatic rings. The molecule has 2 unspecified atom stereocenters. The first-order valence-electron chi connectivity index (χ1n) is 18.1. The zero-order chi connectivity index (χ0) is 37.3. The van der Waals surface area contributed by atoms with Gasteiger partial charge in [0.2, 0.25) is 0 Å². The molecule has 6 nitrogen and oxygen atoms in total. The number of aliphatic hydroxyl groups excluding tert-OH is 2. The highest BCUT2D eigenvalue weighted by molar-refractivity contribution is 5.86. The topological polar surface area (TPSA) is 88.4 Å². The van der Waals surface area contributed by atoms with Crippen molar-refractivity contribution >= 4 is 0 Å². The number of aliphatic hydroxyl groups is 2. The Labute approximate surface area is 311 Å². The zero-order valence-corrected chi connectivity index (χ0v) is 30.9. The van der Waals surface area contributed by atoms with Crippen LogP contribution >= 0.6 is 0 Å². The molecule has 0 saturated carbocycles. The van der Waals surface area contributed by atoms with Gasteiger partial charge in [0, 0.05) is 0 Å². The fourth-order valence-electron chi connectivity index (χ4n) is 7.73. The van der Waals surface area contributed by atoms with Crippen LogP contribution in [0.3, 0.4) is 0 Å². The summed E-state index contributed by atoms with van der Waals surface area (Å²) in [6.45, 7) is 9.92. The van der Waals surface area contributed by atoms with Gasteiger partial charge in [0.1, 0.15) is 48.9 Å². The summed E-state index contributed by atoms with van der Waals surface area (Å²) in [5.41, 5.74) is 12.1. The molecule has 270 valence electrons. The molecule has 0 aromatic heterocycles. The summed E-state index contributed by atoms with van der Waals surface area (Å²) in [6, 6.07) is 41.6. The smallest absolute Gasteiger partial charge is 0.125 e. The van der Waals surface area contributed by atoms with Crippen LogP contribution in [0, 0.1) is 27.7 Å². The lowest BCUT2D eigenvalue weighted by molar-refractivity contribution is 0.0622. The van der Waals surface area contributed by atoms with Gasteiger partial charge in [-0.1, -0.05) is 72.8 Å². The van der Waals surface area contributed by atoms with Crippen molar-refractivity contribution in [2.45, 2.75) is 52.2 Å². The third-order valence-electron chi connectivity index (χ3n) is 10.2. The van der Waals surface area contributed by atoms with Crippen LogP contribution < -0.4 is 14.2 Å². The van der Waals surface area contributed by atoms with Gasteiger partial charge in [-0.3, -0.25) is 0 Å². The van der Waals surface area contributed by atoms with Crippen molar-refractivity contribution in [2.75, 3.05) is 19.8 Å². The van der Waals surface area contributed by atoms with E-state index in [0.29, 0.717) is 17.2 Å².